The van der Waals surface area contributed by atoms with E-state index in [4.69, 9.17) is 4.42 Å². The Morgan fingerprint density at radius 2 is 2.07 bits per heavy atom. The van der Waals surface area contributed by atoms with Gasteiger partial charge in [-0.2, -0.15) is 5.10 Å². The van der Waals surface area contributed by atoms with E-state index in [9.17, 15) is 8.78 Å². The molecule has 0 spiro atoms. The van der Waals surface area contributed by atoms with Gasteiger partial charge in [0.05, 0.1) is 18.5 Å². The van der Waals surface area contributed by atoms with E-state index >= 15 is 0 Å². The summed E-state index contributed by atoms with van der Waals surface area (Å²) >= 11 is 1.42. The Labute approximate surface area is 177 Å². The van der Waals surface area contributed by atoms with Crippen molar-refractivity contribution < 1.29 is 25.6 Å². The number of hydrogen-bond acceptors (Lipinski definition) is 4. The zero-order chi connectivity index (χ0) is 19.7. The molecule has 0 amide bonds. The summed E-state index contributed by atoms with van der Waals surface area (Å²) in [5.74, 6) is 0.156. The minimum atomic E-state index is -0.703. The number of hydrogen-bond donors (Lipinski definition) is 1. The summed E-state index contributed by atoms with van der Waals surface area (Å²) in [7, 11) is 0. The third-order valence-electron chi connectivity index (χ3n) is 4.54. The molecule has 0 bridgehead atoms. The lowest BCUT2D eigenvalue weighted by atomic mass is 10.1. The normalized spacial score (nSPS) is 15.0. The Kier molecular flexibility index (Phi) is 6.44. The van der Waals surface area contributed by atoms with Crippen molar-refractivity contribution in [3.63, 3.8) is 0 Å². The number of benzene rings is 1. The van der Waals surface area contributed by atoms with Crippen molar-refractivity contribution in [2.24, 2.45) is 10.1 Å². The van der Waals surface area contributed by atoms with Crippen molar-refractivity contribution in [1.82, 2.24) is 9.99 Å². The van der Waals surface area contributed by atoms with Gasteiger partial charge in [0.2, 0.25) is 0 Å². The zero-order valence-corrected chi connectivity index (χ0v) is 17.3. The summed E-state index contributed by atoms with van der Waals surface area (Å²) in [6, 6.07) is 9.23. The molecular weight excluding hydrogens is 418 g/mol. The van der Waals surface area contributed by atoms with Crippen LogP contribution in [0.4, 0.5) is 14.5 Å². The van der Waals surface area contributed by atoms with Crippen LogP contribution in [0, 0.1) is 25.5 Å². The maximum atomic E-state index is 13.8. The van der Waals surface area contributed by atoms with E-state index in [-0.39, 0.29) is 18.1 Å². The van der Waals surface area contributed by atoms with Crippen molar-refractivity contribution in [2.45, 2.75) is 20.4 Å². The van der Waals surface area contributed by atoms with Gasteiger partial charge in [0, 0.05) is 28.8 Å². The molecule has 0 aliphatic carbocycles. The molecule has 1 aromatic carbocycles. The van der Waals surface area contributed by atoms with Crippen LogP contribution in [0.2, 0.25) is 0 Å². The number of halogens is 3. The quantitative estimate of drug-likeness (QED) is 0.679. The molecule has 5 nitrogen and oxygen atoms in total. The van der Waals surface area contributed by atoms with Gasteiger partial charge in [0.15, 0.2) is 11.0 Å². The fourth-order valence-corrected chi connectivity index (χ4v) is 3.85. The summed E-state index contributed by atoms with van der Waals surface area (Å²) in [5, 5.41) is 4.89. The summed E-state index contributed by atoms with van der Waals surface area (Å²) in [4.78, 5) is 4.18. The van der Waals surface area contributed by atoms with Crippen LogP contribution in [-0.2, 0) is 6.54 Å². The second kappa shape index (κ2) is 8.84. The third-order valence-corrected chi connectivity index (χ3v) is 5.42. The highest BCUT2D eigenvalue weighted by Crippen LogP contribution is 2.24. The molecule has 0 radical (unpaired) electrons. The minimum absolute atomic E-state index is 0. The van der Waals surface area contributed by atoms with Gasteiger partial charge in [0.25, 0.3) is 0 Å². The zero-order valence-electron chi connectivity index (χ0n) is 15.7. The first-order valence-electron chi connectivity index (χ1n) is 8.70. The molecule has 1 aliphatic heterocycles. The first kappa shape index (κ1) is 21.1. The number of rotatable bonds is 4. The van der Waals surface area contributed by atoms with Crippen LogP contribution in [0.1, 0.15) is 22.7 Å². The topological polar surface area (TPSA) is 54.8 Å². The standard InChI is InChI=1S/C20H18F2N4OS.ClH/c1-12-8-16(13(2)26(12)10-15-4-3-7-27-15)19-11-28-20(25-24-19)23-18-6-5-14(21)9-17(18)22;/h3-9H,10-11H2,1-2H3,(H,23,25);1H/p-1. The molecule has 3 heterocycles. The van der Waals surface area contributed by atoms with Gasteiger partial charge >= 0.3 is 0 Å². The molecule has 9 heteroatoms. The smallest absolute Gasteiger partial charge is 0.182 e. The maximum absolute atomic E-state index is 13.8. The van der Waals surface area contributed by atoms with Crippen molar-refractivity contribution in [1.29, 1.82) is 0 Å². The Morgan fingerprint density at radius 3 is 2.72 bits per heavy atom. The molecule has 0 saturated carbocycles. The Bertz CT molecular complexity index is 1080. The molecule has 0 fully saturated rings. The van der Waals surface area contributed by atoms with Gasteiger partial charge in [-0.3, -0.25) is 5.43 Å². The average Bonchev–Trinajstić information content (AvgIpc) is 3.29. The lowest BCUT2D eigenvalue weighted by Crippen LogP contribution is -3.00. The number of nitrogens with one attached hydrogen (secondary N) is 1. The summed E-state index contributed by atoms with van der Waals surface area (Å²) in [5.41, 5.74) is 7.10. The summed E-state index contributed by atoms with van der Waals surface area (Å²) in [6.07, 6.45) is 1.67. The maximum Gasteiger partial charge on any atom is 0.182 e. The predicted molar refractivity (Wildman–Crippen MR) is 107 cm³/mol. The monoisotopic (exact) mass is 435 g/mol. The van der Waals surface area contributed by atoms with Crippen molar-refractivity contribution in [2.75, 3.05) is 5.75 Å². The highest BCUT2D eigenvalue weighted by atomic mass is 35.5. The van der Waals surface area contributed by atoms with Crippen LogP contribution in [0.5, 0.6) is 0 Å². The van der Waals surface area contributed by atoms with E-state index in [1.54, 1.807) is 6.26 Å². The van der Waals surface area contributed by atoms with Crippen molar-refractivity contribution in [3.8, 4) is 0 Å². The molecule has 2 aromatic heterocycles. The Morgan fingerprint density at radius 1 is 1.24 bits per heavy atom. The van der Waals surface area contributed by atoms with E-state index in [1.165, 1.54) is 23.9 Å². The van der Waals surface area contributed by atoms with Gasteiger partial charge < -0.3 is 21.4 Å². The van der Waals surface area contributed by atoms with Gasteiger partial charge in [0.1, 0.15) is 17.3 Å². The Balaban J connectivity index is 0.00000240. The van der Waals surface area contributed by atoms with E-state index in [0.29, 0.717) is 17.5 Å². The molecule has 0 atom stereocenters. The summed E-state index contributed by atoms with van der Waals surface area (Å²) < 4.78 is 34.4. The first-order chi connectivity index (χ1) is 13.5. The molecule has 29 heavy (non-hydrogen) atoms. The lowest BCUT2D eigenvalue weighted by molar-refractivity contribution is -0.00000749. The lowest BCUT2D eigenvalue weighted by Gasteiger charge is -2.15. The molecule has 0 saturated heterocycles. The number of aliphatic imine (C=N–C) groups is 1. The van der Waals surface area contributed by atoms with Crippen LogP contribution >= 0.6 is 11.8 Å². The molecule has 1 aliphatic rings. The van der Waals surface area contributed by atoms with Crippen LogP contribution in [0.25, 0.3) is 0 Å². The SMILES string of the molecule is Cc1cc(C2=NNC(=Nc3ccc(F)cc3F)SC2)c(C)n1Cc1ccco1.[Cl-]. The fourth-order valence-electron chi connectivity index (χ4n) is 3.09. The van der Waals surface area contributed by atoms with Crippen molar-refractivity contribution in [3.05, 3.63) is 77.0 Å². The predicted octanol–water partition coefficient (Wildman–Crippen LogP) is 1.76. The second-order valence-corrected chi connectivity index (χ2v) is 7.39. The highest BCUT2D eigenvalue weighted by Gasteiger charge is 2.19. The second-order valence-electron chi connectivity index (χ2n) is 6.42. The number of furan rings is 1. The van der Waals surface area contributed by atoms with E-state index in [0.717, 1.165) is 34.5 Å². The number of amidine groups is 1. The summed E-state index contributed by atoms with van der Waals surface area (Å²) in [6.45, 7) is 4.76. The number of thioether (sulfide) groups is 1. The molecule has 3 aromatic rings. The number of aromatic nitrogens is 1. The van der Waals surface area contributed by atoms with E-state index < -0.39 is 11.6 Å². The minimum Gasteiger partial charge on any atom is -1.00 e. The van der Waals surface area contributed by atoms with Gasteiger partial charge in [-0.25, -0.2) is 13.8 Å². The van der Waals surface area contributed by atoms with Crippen LogP contribution in [0.15, 0.2) is 57.2 Å². The van der Waals surface area contributed by atoms with E-state index in [2.05, 4.69) is 33.1 Å². The molecule has 1 N–H and O–H groups in total. The number of hydrazone groups is 1. The Hall–Kier alpha value is -2.58. The molecular formula is C20H18ClF2N4OS-. The highest BCUT2D eigenvalue weighted by molar-refractivity contribution is 8.14. The fraction of sp³-hybridized carbons (Fsp3) is 0.200. The number of aryl methyl sites for hydroxylation is 1. The van der Waals surface area contributed by atoms with Gasteiger partial charge in [-0.1, -0.05) is 11.8 Å². The van der Waals surface area contributed by atoms with Gasteiger partial charge in [-0.05, 0) is 44.2 Å². The first-order valence-corrected chi connectivity index (χ1v) is 9.68. The molecule has 4 rings (SSSR count). The van der Waals surface area contributed by atoms with Crippen LogP contribution in [0.3, 0.4) is 0 Å². The largest absolute Gasteiger partial charge is 1.00 e. The van der Waals surface area contributed by atoms with Crippen LogP contribution < -0.4 is 17.8 Å². The van der Waals surface area contributed by atoms with Crippen LogP contribution in [-0.4, -0.2) is 21.2 Å². The number of nitrogens with zero attached hydrogens (tertiary/aromatic N) is 3. The van der Waals surface area contributed by atoms with Crippen molar-refractivity contribution >= 4 is 28.3 Å². The van der Waals surface area contributed by atoms with E-state index in [1.807, 2.05) is 19.1 Å². The molecule has 152 valence electrons. The third kappa shape index (κ3) is 4.54. The average molecular weight is 436 g/mol. The molecule has 0 unspecified atom stereocenters. The van der Waals surface area contributed by atoms with Gasteiger partial charge in [-0.15, -0.1) is 0 Å².